The molecule has 2 aromatic carbocycles. The summed E-state index contributed by atoms with van der Waals surface area (Å²) in [7, 11) is 0. The van der Waals surface area contributed by atoms with E-state index < -0.39 is 17.9 Å². The first-order valence-electron chi connectivity index (χ1n) is 14.5. The van der Waals surface area contributed by atoms with Crippen LogP contribution in [0.3, 0.4) is 0 Å². The predicted octanol–water partition coefficient (Wildman–Crippen LogP) is 4.48. The average molecular weight is 635 g/mol. The molecule has 0 spiro atoms. The van der Waals surface area contributed by atoms with Gasteiger partial charge in [0.25, 0.3) is 5.91 Å². The molecule has 1 atom stereocenters. The van der Waals surface area contributed by atoms with E-state index in [1.807, 2.05) is 24.3 Å². The summed E-state index contributed by atoms with van der Waals surface area (Å²) >= 11 is 3.33. The minimum atomic E-state index is -0.986. The van der Waals surface area contributed by atoms with Crippen LogP contribution in [0.4, 0.5) is 5.82 Å². The fourth-order valence-electron chi connectivity index (χ4n) is 5.35. The number of anilines is 1. The first kappa shape index (κ1) is 29.9. The van der Waals surface area contributed by atoms with E-state index in [9.17, 15) is 14.4 Å². The number of hydrogen-bond acceptors (Lipinski definition) is 6. The van der Waals surface area contributed by atoms with E-state index in [0.717, 1.165) is 67.7 Å². The van der Waals surface area contributed by atoms with Crippen molar-refractivity contribution in [1.29, 1.82) is 0 Å². The van der Waals surface area contributed by atoms with E-state index in [2.05, 4.69) is 48.6 Å². The van der Waals surface area contributed by atoms with Crippen LogP contribution >= 0.6 is 15.9 Å². The maximum atomic E-state index is 13.4. The van der Waals surface area contributed by atoms with Gasteiger partial charge in [-0.05, 0) is 76.1 Å². The zero-order chi connectivity index (χ0) is 29.3. The summed E-state index contributed by atoms with van der Waals surface area (Å²) in [5.41, 5.74) is 3.77. The van der Waals surface area contributed by atoms with Crippen LogP contribution in [0.25, 0.3) is 11.1 Å². The maximum Gasteiger partial charge on any atom is 0.251 e. The zero-order valence-corrected chi connectivity index (χ0v) is 25.1. The molecule has 3 heterocycles. The Labute approximate surface area is 254 Å². The highest BCUT2D eigenvalue weighted by atomic mass is 79.9. The second-order valence-corrected chi connectivity index (χ2v) is 11.6. The van der Waals surface area contributed by atoms with E-state index >= 15 is 0 Å². The van der Waals surface area contributed by atoms with Crippen molar-refractivity contribution in [1.82, 2.24) is 20.1 Å². The third-order valence-corrected chi connectivity index (χ3v) is 8.10. The Balaban J connectivity index is 1.28. The lowest BCUT2D eigenvalue weighted by atomic mass is 9.98. The SMILES string of the molecule is O=C(C[C@@H](NC(=O)c1ccc(-c2ccccc2CN2CCOCC2)cc1)C(=O)N1CCCCC1)Nc1ccc(Br)cn1. The van der Waals surface area contributed by atoms with Crippen LogP contribution in [0.2, 0.25) is 0 Å². The number of carbonyl (C=O) groups excluding carboxylic acids is 3. The molecular formula is C32H36BrN5O4. The van der Waals surface area contributed by atoms with Gasteiger partial charge in [-0.2, -0.15) is 0 Å². The number of carbonyl (C=O) groups is 3. The topological polar surface area (TPSA) is 104 Å². The molecule has 2 saturated heterocycles. The molecule has 220 valence electrons. The normalized spacial score (nSPS) is 16.5. The van der Waals surface area contributed by atoms with Crippen molar-refractivity contribution in [2.75, 3.05) is 44.7 Å². The van der Waals surface area contributed by atoms with E-state index in [0.29, 0.717) is 24.5 Å². The molecule has 2 N–H and O–H groups in total. The Morgan fingerprint density at radius 1 is 0.905 bits per heavy atom. The number of likely N-dealkylation sites (tertiary alicyclic amines) is 1. The molecule has 10 heteroatoms. The Morgan fingerprint density at radius 3 is 2.36 bits per heavy atom. The van der Waals surface area contributed by atoms with Crippen molar-refractivity contribution in [2.45, 2.75) is 38.3 Å². The Morgan fingerprint density at radius 2 is 1.64 bits per heavy atom. The van der Waals surface area contributed by atoms with Gasteiger partial charge < -0.3 is 20.3 Å². The quantitative estimate of drug-likeness (QED) is 0.360. The molecule has 9 nitrogen and oxygen atoms in total. The second kappa shape index (κ2) is 14.5. The molecule has 42 heavy (non-hydrogen) atoms. The first-order valence-corrected chi connectivity index (χ1v) is 15.2. The van der Waals surface area contributed by atoms with Gasteiger partial charge in [-0.25, -0.2) is 4.98 Å². The van der Waals surface area contributed by atoms with Crippen LogP contribution < -0.4 is 10.6 Å². The number of rotatable bonds is 9. The number of amides is 3. The summed E-state index contributed by atoms with van der Waals surface area (Å²) in [5, 5.41) is 5.57. The number of morpholine rings is 1. The Kier molecular flexibility index (Phi) is 10.3. The van der Waals surface area contributed by atoms with Gasteiger partial charge >= 0.3 is 0 Å². The minimum absolute atomic E-state index is 0.189. The number of halogens is 1. The first-order chi connectivity index (χ1) is 20.5. The third kappa shape index (κ3) is 8.02. The number of benzene rings is 2. The van der Waals surface area contributed by atoms with Gasteiger partial charge in [0.15, 0.2) is 0 Å². The van der Waals surface area contributed by atoms with Crippen molar-refractivity contribution in [3.8, 4) is 11.1 Å². The molecule has 0 unspecified atom stereocenters. The maximum absolute atomic E-state index is 13.4. The van der Waals surface area contributed by atoms with Gasteiger partial charge in [-0.3, -0.25) is 19.3 Å². The monoisotopic (exact) mass is 633 g/mol. The van der Waals surface area contributed by atoms with E-state index in [1.165, 1.54) is 5.56 Å². The fourth-order valence-corrected chi connectivity index (χ4v) is 5.58. The van der Waals surface area contributed by atoms with Crippen molar-refractivity contribution in [3.05, 3.63) is 82.5 Å². The number of pyridine rings is 1. The summed E-state index contributed by atoms with van der Waals surface area (Å²) in [6, 6.07) is 18.1. The lowest BCUT2D eigenvalue weighted by Gasteiger charge is -2.30. The zero-order valence-electron chi connectivity index (χ0n) is 23.6. The summed E-state index contributed by atoms with van der Waals surface area (Å²) in [5.74, 6) is -0.653. The van der Waals surface area contributed by atoms with Gasteiger partial charge in [0.05, 0.1) is 19.6 Å². The number of ether oxygens (including phenoxy) is 1. The minimum Gasteiger partial charge on any atom is -0.379 e. The van der Waals surface area contributed by atoms with Gasteiger partial charge in [0, 0.05) is 49.0 Å². The van der Waals surface area contributed by atoms with Crippen LogP contribution in [-0.4, -0.2) is 77.9 Å². The second-order valence-electron chi connectivity index (χ2n) is 10.6. The molecule has 3 amide bonds. The fraction of sp³-hybridized carbons (Fsp3) is 0.375. The standard InChI is InChI=1S/C32H36BrN5O4/c33-26-12-13-29(34-21-26)36-30(39)20-28(32(41)38-14-4-1-5-15-38)35-31(40)24-10-8-23(9-11-24)27-7-3-2-6-25(27)22-37-16-18-42-19-17-37/h2-3,6-13,21,28H,1,4-5,14-20,22H2,(H,35,40)(H,34,36,39)/t28-/m1/s1. The van der Waals surface area contributed by atoms with Crippen LogP contribution in [0.15, 0.2) is 71.3 Å². The Bertz CT molecular complexity index is 1370. The molecule has 0 aliphatic carbocycles. The van der Waals surface area contributed by atoms with Crippen LogP contribution in [0.1, 0.15) is 41.6 Å². The van der Waals surface area contributed by atoms with Gasteiger partial charge in [0.1, 0.15) is 11.9 Å². The van der Waals surface area contributed by atoms with E-state index in [-0.39, 0.29) is 12.3 Å². The van der Waals surface area contributed by atoms with E-state index in [4.69, 9.17) is 4.74 Å². The molecule has 5 rings (SSSR count). The van der Waals surface area contributed by atoms with E-state index in [1.54, 1.807) is 35.4 Å². The molecule has 0 radical (unpaired) electrons. The largest absolute Gasteiger partial charge is 0.379 e. The highest BCUT2D eigenvalue weighted by molar-refractivity contribution is 9.10. The Hall–Kier alpha value is -3.60. The highest BCUT2D eigenvalue weighted by Gasteiger charge is 2.29. The molecule has 2 fully saturated rings. The summed E-state index contributed by atoms with van der Waals surface area (Å²) in [4.78, 5) is 48.0. The van der Waals surface area contributed by atoms with Crippen molar-refractivity contribution >= 4 is 39.5 Å². The molecule has 0 saturated carbocycles. The third-order valence-electron chi connectivity index (χ3n) is 7.63. The average Bonchev–Trinajstić information content (AvgIpc) is 3.03. The number of aromatic nitrogens is 1. The predicted molar refractivity (Wildman–Crippen MR) is 165 cm³/mol. The number of nitrogens with zero attached hydrogens (tertiary/aromatic N) is 3. The van der Waals surface area contributed by atoms with Crippen LogP contribution in [-0.2, 0) is 20.9 Å². The lowest BCUT2D eigenvalue weighted by molar-refractivity contribution is -0.135. The van der Waals surface area contributed by atoms with Crippen molar-refractivity contribution < 1.29 is 19.1 Å². The van der Waals surface area contributed by atoms with Crippen LogP contribution in [0.5, 0.6) is 0 Å². The molecule has 3 aromatic rings. The number of piperidine rings is 1. The molecular weight excluding hydrogens is 598 g/mol. The molecule has 2 aliphatic rings. The number of hydrogen-bond donors (Lipinski definition) is 2. The molecule has 1 aromatic heterocycles. The summed E-state index contributed by atoms with van der Waals surface area (Å²) in [6.07, 6.45) is 4.29. The number of nitrogens with one attached hydrogen (secondary N) is 2. The van der Waals surface area contributed by atoms with Crippen molar-refractivity contribution in [2.24, 2.45) is 0 Å². The summed E-state index contributed by atoms with van der Waals surface area (Å²) in [6.45, 7) is 5.39. The molecule has 2 aliphatic heterocycles. The molecule has 0 bridgehead atoms. The highest BCUT2D eigenvalue weighted by Crippen LogP contribution is 2.26. The van der Waals surface area contributed by atoms with Gasteiger partial charge in [-0.15, -0.1) is 0 Å². The van der Waals surface area contributed by atoms with Gasteiger partial charge in [-0.1, -0.05) is 36.4 Å². The smallest absolute Gasteiger partial charge is 0.251 e. The van der Waals surface area contributed by atoms with Crippen LogP contribution in [0, 0.1) is 0 Å². The van der Waals surface area contributed by atoms with Gasteiger partial charge in [0.2, 0.25) is 11.8 Å². The van der Waals surface area contributed by atoms with Crippen molar-refractivity contribution in [3.63, 3.8) is 0 Å². The lowest BCUT2D eigenvalue weighted by Crippen LogP contribution is -2.51. The summed E-state index contributed by atoms with van der Waals surface area (Å²) < 4.78 is 6.28.